The standard InChI is InChI=1S/C9H17N/c1-5-7-10-9(6-2)8(3)4/h3,5-7H2,1-2,4H3/b10-9-. The normalized spacial score (nSPS) is 11.7. The highest BCUT2D eigenvalue weighted by molar-refractivity contribution is 5.98. The first-order valence-electron chi connectivity index (χ1n) is 3.91. The van der Waals surface area contributed by atoms with Gasteiger partial charge in [-0.2, -0.15) is 0 Å². The minimum atomic E-state index is 0.941. The van der Waals surface area contributed by atoms with E-state index in [1.54, 1.807) is 0 Å². The van der Waals surface area contributed by atoms with Gasteiger partial charge in [-0.05, 0) is 25.3 Å². The second-order valence-corrected chi connectivity index (χ2v) is 2.46. The Hall–Kier alpha value is -0.590. The van der Waals surface area contributed by atoms with Gasteiger partial charge in [0.2, 0.25) is 0 Å². The molecule has 0 amide bonds. The summed E-state index contributed by atoms with van der Waals surface area (Å²) in [5, 5.41) is 0. The van der Waals surface area contributed by atoms with Crippen molar-refractivity contribution in [1.29, 1.82) is 0 Å². The summed E-state index contributed by atoms with van der Waals surface area (Å²) in [5.74, 6) is 0. The molecule has 0 aromatic heterocycles. The van der Waals surface area contributed by atoms with Crippen LogP contribution in [0.4, 0.5) is 0 Å². The van der Waals surface area contributed by atoms with Crippen molar-refractivity contribution in [2.24, 2.45) is 4.99 Å². The maximum atomic E-state index is 4.38. The molecule has 0 saturated carbocycles. The third-order valence-electron chi connectivity index (χ3n) is 1.35. The molecule has 1 nitrogen and oxygen atoms in total. The van der Waals surface area contributed by atoms with Crippen LogP contribution in [0.3, 0.4) is 0 Å². The average Bonchev–Trinajstić information content (AvgIpc) is 1.89. The third-order valence-corrected chi connectivity index (χ3v) is 1.35. The molecule has 10 heavy (non-hydrogen) atoms. The van der Waals surface area contributed by atoms with Crippen LogP contribution in [0.5, 0.6) is 0 Å². The zero-order chi connectivity index (χ0) is 7.98. The zero-order valence-electron chi connectivity index (χ0n) is 7.28. The Labute approximate surface area is 63.9 Å². The summed E-state index contributed by atoms with van der Waals surface area (Å²) in [6.45, 7) is 11.0. The van der Waals surface area contributed by atoms with Crippen LogP contribution in [0.1, 0.15) is 33.6 Å². The second kappa shape index (κ2) is 5.21. The van der Waals surface area contributed by atoms with Crippen molar-refractivity contribution in [3.8, 4) is 0 Å². The molecule has 58 valence electrons. The Morgan fingerprint density at radius 2 is 2.00 bits per heavy atom. The SMILES string of the molecule is C=C(C)/C(CC)=N\CCC. The molecule has 0 saturated heterocycles. The van der Waals surface area contributed by atoms with E-state index in [-0.39, 0.29) is 0 Å². The van der Waals surface area contributed by atoms with E-state index in [0.717, 1.165) is 25.0 Å². The Bertz CT molecular complexity index is 134. The number of aliphatic imine (C=N–C) groups is 1. The Kier molecular flexibility index (Phi) is 4.91. The van der Waals surface area contributed by atoms with Crippen molar-refractivity contribution in [2.45, 2.75) is 33.6 Å². The van der Waals surface area contributed by atoms with Crippen LogP contribution in [0, 0.1) is 0 Å². The van der Waals surface area contributed by atoms with Gasteiger partial charge in [0.1, 0.15) is 0 Å². The van der Waals surface area contributed by atoms with E-state index in [1.807, 2.05) is 6.92 Å². The van der Waals surface area contributed by atoms with E-state index in [2.05, 4.69) is 25.4 Å². The Morgan fingerprint density at radius 1 is 1.40 bits per heavy atom. The molecule has 0 rings (SSSR count). The van der Waals surface area contributed by atoms with Crippen LogP contribution in [0.2, 0.25) is 0 Å². The quantitative estimate of drug-likeness (QED) is 0.531. The van der Waals surface area contributed by atoms with Gasteiger partial charge in [-0.25, -0.2) is 0 Å². The van der Waals surface area contributed by atoms with Gasteiger partial charge in [0, 0.05) is 12.3 Å². The maximum Gasteiger partial charge on any atom is 0.0390 e. The monoisotopic (exact) mass is 139 g/mol. The summed E-state index contributed by atoms with van der Waals surface area (Å²) in [6, 6.07) is 0. The molecule has 0 bridgehead atoms. The lowest BCUT2D eigenvalue weighted by Crippen LogP contribution is -1.97. The van der Waals surface area contributed by atoms with Gasteiger partial charge < -0.3 is 0 Å². The van der Waals surface area contributed by atoms with Gasteiger partial charge in [-0.3, -0.25) is 4.99 Å². The van der Waals surface area contributed by atoms with E-state index in [1.165, 1.54) is 5.71 Å². The summed E-state index contributed by atoms with van der Waals surface area (Å²) < 4.78 is 0. The van der Waals surface area contributed by atoms with Crippen molar-refractivity contribution in [3.63, 3.8) is 0 Å². The lowest BCUT2D eigenvalue weighted by molar-refractivity contribution is 0.926. The predicted octanol–water partition coefficient (Wildman–Crippen LogP) is 2.82. The minimum absolute atomic E-state index is 0.941. The third kappa shape index (κ3) is 3.44. The Balaban J connectivity index is 3.91. The van der Waals surface area contributed by atoms with Gasteiger partial charge in [0.15, 0.2) is 0 Å². The molecule has 0 aliphatic carbocycles. The van der Waals surface area contributed by atoms with E-state index in [4.69, 9.17) is 0 Å². The lowest BCUT2D eigenvalue weighted by Gasteiger charge is -2.00. The molecule has 0 aromatic rings. The highest BCUT2D eigenvalue weighted by Gasteiger charge is 1.93. The van der Waals surface area contributed by atoms with Crippen LogP contribution in [-0.2, 0) is 0 Å². The van der Waals surface area contributed by atoms with Gasteiger partial charge >= 0.3 is 0 Å². The number of nitrogens with zero attached hydrogens (tertiary/aromatic N) is 1. The molecular weight excluding hydrogens is 122 g/mol. The summed E-state index contributed by atoms with van der Waals surface area (Å²) in [6.07, 6.45) is 2.13. The first-order valence-corrected chi connectivity index (χ1v) is 3.91. The molecule has 0 unspecified atom stereocenters. The fourth-order valence-electron chi connectivity index (χ4n) is 0.795. The predicted molar refractivity (Wildman–Crippen MR) is 47.7 cm³/mol. The van der Waals surface area contributed by atoms with Crippen molar-refractivity contribution in [2.75, 3.05) is 6.54 Å². The van der Waals surface area contributed by atoms with Crippen LogP contribution in [-0.4, -0.2) is 12.3 Å². The fraction of sp³-hybridized carbons (Fsp3) is 0.667. The topological polar surface area (TPSA) is 12.4 Å². The Morgan fingerprint density at radius 3 is 2.30 bits per heavy atom. The summed E-state index contributed by atoms with van der Waals surface area (Å²) >= 11 is 0. The average molecular weight is 139 g/mol. The van der Waals surface area contributed by atoms with E-state index >= 15 is 0 Å². The van der Waals surface area contributed by atoms with Gasteiger partial charge in [-0.15, -0.1) is 0 Å². The highest BCUT2D eigenvalue weighted by atomic mass is 14.7. The molecule has 0 radical (unpaired) electrons. The van der Waals surface area contributed by atoms with Crippen molar-refractivity contribution in [3.05, 3.63) is 12.2 Å². The molecule has 0 aliphatic heterocycles. The molecule has 1 heteroatoms. The fourth-order valence-corrected chi connectivity index (χ4v) is 0.795. The second-order valence-electron chi connectivity index (χ2n) is 2.46. The number of hydrogen-bond acceptors (Lipinski definition) is 1. The molecule has 0 heterocycles. The van der Waals surface area contributed by atoms with Crippen molar-refractivity contribution >= 4 is 5.71 Å². The van der Waals surface area contributed by atoms with E-state index in [0.29, 0.717) is 0 Å². The lowest BCUT2D eigenvalue weighted by atomic mass is 10.1. The highest BCUT2D eigenvalue weighted by Crippen LogP contribution is 1.98. The maximum absolute atomic E-state index is 4.38. The summed E-state index contributed by atoms with van der Waals surface area (Å²) in [5.41, 5.74) is 2.28. The van der Waals surface area contributed by atoms with Crippen molar-refractivity contribution < 1.29 is 0 Å². The van der Waals surface area contributed by atoms with Crippen LogP contribution >= 0.6 is 0 Å². The van der Waals surface area contributed by atoms with Crippen LogP contribution < -0.4 is 0 Å². The van der Waals surface area contributed by atoms with E-state index < -0.39 is 0 Å². The van der Waals surface area contributed by atoms with Crippen LogP contribution in [0.25, 0.3) is 0 Å². The van der Waals surface area contributed by atoms with Gasteiger partial charge in [-0.1, -0.05) is 20.4 Å². The molecule has 0 aromatic carbocycles. The molecule has 0 fully saturated rings. The first-order chi connectivity index (χ1) is 4.72. The number of allylic oxidation sites excluding steroid dienone is 1. The number of hydrogen-bond donors (Lipinski definition) is 0. The zero-order valence-corrected chi connectivity index (χ0v) is 7.28. The van der Waals surface area contributed by atoms with Gasteiger partial charge in [0.05, 0.1) is 0 Å². The molecule has 0 N–H and O–H groups in total. The molecule has 0 atom stereocenters. The molecule has 0 spiro atoms. The summed E-state index contributed by atoms with van der Waals surface area (Å²) in [7, 11) is 0. The smallest absolute Gasteiger partial charge is 0.0390 e. The molecular formula is C9H17N. The first kappa shape index (κ1) is 9.41. The van der Waals surface area contributed by atoms with Crippen molar-refractivity contribution in [1.82, 2.24) is 0 Å². The summed E-state index contributed by atoms with van der Waals surface area (Å²) in [4.78, 5) is 4.38. The van der Waals surface area contributed by atoms with Gasteiger partial charge in [0.25, 0.3) is 0 Å². The minimum Gasteiger partial charge on any atom is -0.290 e. The number of rotatable bonds is 4. The van der Waals surface area contributed by atoms with Crippen LogP contribution in [0.15, 0.2) is 17.1 Å². The molecule has 0 aliphatic rings. The largest absolute Gasteiger partial charge is 0.290 e. The van der Waals surface area contributed by atoms with E-state index in [9.17, 15) is 0 Å².